The van der Waals surface area contributed by atoms with Gasteiger partial charge in [-0.15, -0.1) is 12.4 Å². The molecule has 0 aromatic carbocycles. The Kier molecular flexibility index (Phi) is 7.77. The average Bonchev–Trinajstić information content (AvgIpc) is 2.18. The summed E-state index contributed by atoms with van der Waals surface area (Å²) in [7, 11) is 0. The van der Waals surface area contributed by atoms with Crippen molar-refractivity contribution in [2.24, 2.45) is 11.7 Å². The Balaban J connectivity index is 0.00000225. The lowest BCUT2D eigenvalue weighted by Gasteiger charge is -2.23. The lowest BCUT2D eigenvalue weighted by molar-refractivity contribution is -0.152. The maximum atomic E-state index is 11.6. The Bertz CT molecular complexity index is 203. The maximum absolute atomic E-state index is 11.6. The van der Waals surface area contributed by atoms with Crippen LogP contribution in [0.3, 0.4) is 0 Å². The zero-order valence-corrected chi connectivity index (χ0v) is 11.1. The zero-order chi connectivity index (χ0) is 11.3. The standard InChI is InChI=1S/C12H23NO2.ClH/c1-9(2)8-11(13)12(14)15-10-6-4-3-5-7-10;/h9-11H,3-8,13H2,1-2H3;1H/t11-;/m0./s1. The molecule has 1 atom stereocenters. The summed E-state index contributed by atoms with van der Waals surface area (Å²) in [6.07, 6.45) is 6.50. The number of nitrogens with two attached hydrogens (primary N) is 1. The molecule has 0 aromatic rings. The van der Waals surface area contributed by atoms with Gasteiger partial charge in [-0.3, -0.25) is 4.79 Å². The summed E-state index contributed by atoms with van der Waals surface area (Å²) in [6, 6.07) is -0.438. The van der Waals surface area contributed by atoms with Crippen LogP contribution in [0.5, 0.6) is 0 Å². The van der Waals surface area contributed by atoms with E-state index in [9.17, 15) is 4.79 Å². The Morgan fingerprint density at radius 1 is 1.31 bits per heavy atom. The van der Waals surface area contributed by atoms with Crippen LogP contribution in [0.4, 0.5) is 0 Å². The first-order valence-electron chi connectivity index (χ1n) is 6.05. The third kappa shape index (κ3) is 5.71. The summed E-state index contributed by atoms with van der Waals surface area (Å²) in [4.78, 5) is 11.6. The molecule has 0 saturated heterocycles. The number of hydrogen-bond acceptors (Lipinski definition) is 3. The minimum atomic E-state index is -0.438. The SMILES string of the molecule is CC(C)C[C@H](N)C(=O)OC1CCCCC1.Cl. The van der Waals surface area contributed by atoms with Gasteiger partial charge in [0.2, 0.25) is 0 Å². The summed E-state index contributed by atoms with van der Waals surface area (Å²) in [5.41, 5.74) is 5.76. The van der Waals surface area contributed by atoms with Gasteiger partial charge < -0.3 is 10.5 Å². The second-order valence-corrected chi connectivity index (χ2v) is 4.93. The van der Waals surface area contributed by atoms with Gasteiger partial charge >= 0.3 is 5.97 Å². The van der Waals surface area contributed by atoms with Crippen LogP contribution in [0.15, 0.2) is 0 Å². The quantitative estimate of drug-likeness (QED) is 0.780. The van der Waals surface area contributed by atoms with Crippen molar-refractivity contribution in [2.45, 2.75) is 64.5 Å². The van der Waals surface area contributed by atoms with Gasteiger partial charge in [0.05, 0.1) is 0 Å². The molecule has 2 N–H and O–H groups in total. The largest absolute Gasteiger partial charge is 0.461 e. The molecule has 0 spiro atoms. The van der Waals surface area contributed by atoms with Gasteiger partial charge in [-0.25, -0.2) is 0 Å². The normalized spacial score (nSPS) is 19.0. The summed E-state index contributed by atoms with van der Waals surface area (Å²) in [5, 5.41) is 0. The van der Waals surface area contributed by atoms with Crippen molar-refractivity contribution < 1.29 is 9.53 Å². The van der Waals surface area contributed by atoms with E-state index in [0.717, 1.165) is 12.8 Å². The highest BCUT2D eigenvalue weighted by atomic mass is 35.5. The predicted molar refractivity (Wildman–Crippen MR) is 67.6 cm³/mol. The van der Waals surface area contributed by atoms with E-state index in [2.05, 4.69) is 13.8 Å². The van der Waals surface area contributed by atoms with E-state index in [1.807, 2.05) is 0 Å². The minimum Gasteiger partial charge on any atom is -0.461 e. The van der Waals surface area contributed by atoms with Gasteiger partial charge in [0.25, 0.3) is 0 Å². The molecule has 0 bridgehead atoms. The van der Waals surface area contributed by atoms with Crippen LogP contribution in [-0.2, 0) is 9.53 Å². The first kappa shape index (κ1) is 15.7. The molecule has 16 heavy (non-hydrogen) atoms. The van der Waals surface area contributed by atoms with E-state index in [4.69, 9.17) is 10.5 Å². The van der Waals surface area contributed by atoms with Gasteiger partial charge in [0, 0.05) is 0 Å². The molecular formula is C12H24ClNO2. The molecule has 3 nitrogen and oxygen atoms in total. The topological polar surface area (TPSA) is 52.3 Å². The van der Waals surface area contributed by atoms with Crippen molar-refractivity contribution in [3.05, 3.63) is 0 Å². The Morgan fingerprint density at radius 3 is 2.38 bits per heavy atom. The molecule has 0 aliphatic heterocycles. The molecule has 1 aliphatic rings. The van der Waals surface area contributed by atoms with Crippen molar-refractivity contribution in [3.8, 4) is 0 Å². The van der Waals surface area contributed by atoms with Crippen molar-refractivity contribution in [1.29, 1.82) is 0 Å². The first-order valence-corrected chi connectivity index (χ1v) is 6.05. The molecule has 1 aliphatic carbocycles. The zero-order valence-electron chi connectivity index (χ0n) is 10.3. The Labute approximate surface area is 105 Å². The van der Waals surface area contributed by atoms with E-state index in [1.54, 1.807) is 0 Å². The van der Waals surface area contributed by atoms with E-state index in [1.165, 1.54) is 19.3 Å². The van der Waals surface area contributed by atoms with Crippen LogP contribution in [0.1, 0.15) is 52.4 Å². The van der Waals surface area contributed by atoms with Gasteiger partial charge in [0.15, 0.2) is 0 Å². The number of hydrogen-bond donors (Lipinski definition) is 1. The first-order chi connectivity index (χ1) is 7.09. The van der Waals surface area contributed by atoms with Crippen molar-refractivity contribution >= 4 is 18.4 Å². The Morgan fingerprint density at radius 2 is 1.88 bits per heavy atom. The second-order valence-electron chi connectivity index (χ2n) is 4.93. The van der Waals surface area contributed by atoms with Crippen LogP contribution < -0.4 is 5.73 Å². The molecule has 1 rings (SSSR count). The molecule has 1 saturated carbocycles. The van der Waals surface area contributed by atoms with E-state index < -0.39 is 6.04 Å². The molecule has 4 heteroatoms. The monoisotopic (exact) mass is 249 g/mol. The number of esters is 1. The van der Waals surface area contributed by atoms with Crippen LogP contribution in [0, 0.1) is 5.92 Å². The molecule has 1 fully saturated rings. The summed E-state index contributed by atoms with van der Waals surface area (Å²) in [6.45, 7) is 4.13. The highest BCUT2D eigenvalue weighted by molar-refractivity contribution is 5.85. The number of rotatable bonds is 4. The minimum absolute atomic E-state index is 0. The number of halogens is 1. The molecule has 0 amide bonds. The predicted octanol–water partition coefficient (Wildman–Crippen LogP) is 2.66. The van der Waals surface area contributed by atoms with Crippen LogP contribution in [0.2, 0.25) is 0 Å². The molecule has 0 radical (unpaired) electrons. The lowest BCUT2D eigenvalue weighted by Crippen LogP contribution is -2.36. The van der Waals surface area contributed by atoms with Crippen LogP contribution >= 0.6 is 12.4 Å². The Hall–Kier alpha value is -0.280. The second kappa shape index (κ2) is 7.91. The molecular weight excluding hydrogens is 226 g/mol. The van der Waals surface area contributed by atoms with Crippen molar-refractivity contribution in [3.63, 3.8) is 0 Å². The summed E-state index contributed by atoms with van der Waals surface area (Å²) < 4.78 is 5.39. The number of carbonyl (C=O) groups is 1. The highest BCUT2D eigenvalue weighted by Crippen LogP contribution is 2.21. The summed E-state index contributed by atoms with van der Waals surface area (Å²) >= 11 is 0. The van der Waals surface area contributed by atoms with Gasteiger partial charge in [0.1, 0.15) is 12.1 Å². The summed E-state index contributed by atoms with van der Waals surface area (Å²) in [5.74, 6) is 0.231. The third-order valence-corrected chi connectivity index (χ3v) is 2.86. The molecule has 0 heterocycles. The smallest absolute Gasteiger partial charge is 0.323 e. The maximum Gasteiger partial charge on any atom is 0.323 e. The van der Waals surface area contributed by atoms with E-state index in [0.29, 0.717) is 12.3 Å². The van der Waals surface area contributed by atoms with E-state index >= 15 is 0 Å². The van der Waals surface area contributed by atoms with Crippen molar-refractivity contribution in [2.75, 3.05) is 0 Å². The van der Waals surface area contributed by atoms with Crippen LogP contribution in [-0.4, -0.2) is 18.1 Å². The molecule has 0 aromatic heterocycles. The highest BCUT2D eigenvalue weighted by Gasteiger charge is 2.22. The lowest BCUT2D eigenvalue weighted by atomic mass is 9.97. The molecule has 96 valence electrons. The number of ether oxygens (including phenoxy) is 1. The van der Waals surface area contributed by atoms with E-state index in [-0.39, 0.29) is 24.5 Å². The fourth-order valence-electron chi connectivity index (χ4n) is 2.04. The van der Waals surface area contributed by atoms with Gasteiger partial charge in [-0.05, 0) is 38.0 Å². The van der Waals surface area contributed by atoms with Crippen molar-refractivity contribution in [1.82, 2.24) is 0 Å². The number of carbonyl (C=O) groups excluding carboxylic acids is 1. The third-order valence-electron chi connectivity index (χ3n) is 2.86. The van der Waals surface area contributed by atoms with Crippen LogP contribution in [0.25, 0.3) is 0 Å². The van der Waals surface area contributed by atoms with Gasteiger partial charge in [-0.1, -0.05) is 20.3 Å². The fraction of sp³-hybridized carbons (Fsp3) is 0.917. The van der Waals surface area contributed by atoms with Gasteiger partial charge in [-0.2, -0.15) is 0 Å². The fourth-order valence-corrected chi connectivity index (χ4v) is 2.04. The molecule has 0 unspecified atom stereocenters. The average molecular weight is 250 g/mol.